The summed E-state index contributed by atoms with van der Waals surface area (Å²) in [4.78, 5) is 13.8. The van der Waals surface area contributed by atoms with E-state index >= 15 is 0 Å². The highest BCUT2D eigenvalue weighted by Crippen LogP contribution is 2.15. The number of halogens is 1. The first kappa shape index (κ1) is 18.7. The van der Waals surface area contributed by atoms with E-state index in [0.717, 1.165) is 39.0 Å². The van der Waals surface area contributed by atoms with Gasteiger partial charge in [0.1, 0.15) is 0 Å². The molecule has 1 rings (SSSR count). The molecular weight excluding hydrogens is 264 g/mol. The van der Waals surface area contributed by atoms with Crippen molar-refractivity contribution in [1.29, 1.82) is 0 Å². The summed E-state index contributed by atoms with van der Waals surface area (Å²) in [6.07, 6.45) is 3.64. The minimum absolute atomic E-state index is 0. The van der Waals surface area contributed by atoms with Gasteiger partial charge in [-0.1, -0.05) is 13.8 Å². The molecule has 0 saturated carbocycles. The molecule has 1 aliphatic rings. The normalized spacial score (nSPS) is 20.5. The highest BCUT2D eigenvalue weighted by molar-refractivity contribution is 5.85. The zero-order valence-electron chi connectivity index (χ0n) is 12.4. The molecule has 114 valence electrons. The summed E-state index contributed by atoms with van der Waals surface area (Å²) in [5.74, 6) is 0.900. The van der Waals surface area contributed by atoms with Crippen molar-refractivity contribution in [2.75, 3.05) is 19.7 Å². The van der Waals surface area contributed by atoms with Gasteiger partial charge in [-0.25, -0.2) is 0 Å². The summed E-state index contributed by atoms with van der Waals surface area (Å²) in [5, 5.41) is 0. The average molecular weight is 293 g/mol. The van der Waals surface area contributed by atoms with Gasteiger partial charge in [-0.15, -0.1) is 12.4 Å². The third kappa shape index (κ3) is 7.75. The fraction of sp³-hybridized carbons (Fsp3) is 0.929. The molecule has 0 aromatic rings. The minimum atomic E-state index is 0. The molecule has 0 spiro atoms. The molecule has 1 amide bonds. The number of hydrogen-bond donors (Lipinski definition) is 1. The Kier molecular flexibility index (Phi) is 9.40. The summed E-state index contributed by atoms with van der Waals surface area (Å²) in [6.45, 7) is 8.74. The smallest absolute Gasteiger partial charge is 0.222 e. The predicted octanol–water partition coefficient (Wildman–Crippen LogP) is 2.20. The molecule has 1 aliphatic heterocycles. The van der Waals surface area contributed by atoms with Crippen LogP contribution >= 0.6 is 12.4 Å². The van der Waals surface area contributed by atoms with Crippen LogP contribution in [0.1, 0.15) is 46.5 Å². The molecule has 5 heteroatoms. The van der Waals surface area contributed by atoms with Crippen molar-refractivity contribution >= 4 is 18.3 Å². The molecule has 4 nitrogen and oxygen atoms in total. The van der Waals surface area contributed by atoms with Crippen molar-refractivity contribution in [2.24, 2.45) is 11.7 Å². The Morgan fingerprint density at radius 1 is 1.37 bits per heavy atom. The highest BCUT2D eigenvalue weighted by Gasteiger charge is 2.26. The van der Waals surface area contributed by atoms with E-state index in [4.69, 9.17) is 10.5 Å². The maximum absolute atomic E-state index is 11.9. The maximum atomic E-state index is 11.9. The third-order valence-corrected chi connectivity index (χ3v) is 3.36. The fourth-order valence-electron chi connectivity index (χ4n) is 2.07. The molecule has 19 heavy (non-hydrogen) atoms. The Morgan fingerprint density at radius 3 is 2.63 bits per heavy atom. The van der Waals surface area contributed by atoms with Gasteiger partial charge >= 0.3 is 0 Å². The SMILES string of the molecule is CC(C)CCOC1CCN(C(=O)CCC(C)N)C1.Cl. The van der Waals surface area contributed by atoms with Crippen molar-refractivity contribution in [1.82, 2.24) is 4.90 Å². The average Bonchev–Trinajstić information content (AvgIpc) is 2.74. The van der Waals surface area contributed by atoms with Gasteiger partial charge in [-0.2, -0.15) is 0 Å². The van der Waals surface area contributed by atoms with Gasteiger partial charge in [0.15, 0.2) is 0 Å². The number of ether oxygens (including phenoxy) is 1. The van der Waals surface area contributed by atoms with Crippen LogP contribution in [0.3, 0.4) is 0 Å². The zero-order chi connectivity index (χ0) is 13.5. The van der Waals surface area contributed by atoms with Crippen LogP contribution < -0.4 is 5.73 Å². The van der Waals surface area contributed by atoms with Crippen LogP contribution in [0.15, 0.2) is 0 Å². The molecular formula is C14H29ClN2O2. The van der Waals surface area contributed by atoms with E-state index in [1.54, 1.807) is 0 Å². The Morgan fingerprint density at radius 2 is 2.05 bits per heavy atom. The van der Waals surface area contributed by atoms with Crippen molar-refractivity contribution in [3.63, 3.8) is 0 Å². The first-order valence-electron chi connectivity index (χ1n) is 7.14. The Bertz CT molecular complexity index is 260. The van der Waals surface area contributed by atoms with Crippen molar-refractivity contribution in [3.8, 4) is 0 Å². The van der Waals surface area contributed by atoms with E-state index in [0.29, 0.717) is 12.3 Å². The van der Waals surface area contributed by atoms with Gasteiger partial charge in [0.05, 0.1) is 6.10 Å². The molecule has 0 radical (unpaired) electrons. The van der Waals surface area contributed by atoms with E-state index in [1.807, 2.05) is 11.8 Å². The van der Waals surface area contributed by atoms with Crippen molar-refractivity contribution in [2.45, 2.75) is 58.6 Å². The summed E-state index contributed by atoms with van der Waals surface area (Å²) in [5.41, 5.74) is 5.67. The number of likely N-dealkylation sites (tertiary alicyclic amines) is 1. The summed E-state index contributed by atoms with van der Waals surface area (Å²) < 4.78 is 5.80. The molecule has 0 aliphatic carbocycles. The Hall–Kier alpha value is -0.320. The summed E-state index contributed by atoms with van der Waals surface area (Å²) >= 11 is 0. The number of rotatable bonds is 7. The van der Waals surface area contributed by atoms with Gasteiger partial charge < -0.3 is 15.4 Å². The molecule has 1 fully saturated rings. The number of nitrogens with two attached hydrogens (primary N) is 1. The molecule has 1 heterocycles. The lowest BCUT2D eigenvalue weighted by Gasteiger charge is -2.17. The molecule has 1 saturated heterocycles. The highest BCUT2D eigenvalue weighted by atomic mass is 35.5. The largest absolute Gasteiger partial charge is 0.376 e. The van der Waals surface area contributed by atoms with Gasteiger partial charge in [0.2, 0.25) is 5.91 Å². The molecule has 2 atom stereocenters. The third-order valence-electron chi connectivity index (χ3n) is 3.36. The Labute approximate surface area is 123 Å². The predicted molar refractivity (Wildman–Crippen MR) is 80.5 cm³/mol. The van der Waals surface area contributed by atoms with Crippen LogP contribution in [-0.4, -0.2) is 42.6 Å². The van der Waals surface area contributed by atoms with Gasteiger partial charge in [-0.3, -0.25) is 4.79 Å². The molecule has 0 bridgehead atoms. The molecule has 2 unspecified atom stereocenters. The van der Waals surface area contributed by atoms with Gasteiger partial charge in [0.25, 0.3) is 0 Å². The fourth-order valence-corrected chi connectivity index (χ4v) is 2.07. The second-order valence-electron chi connectivity index (χ2n) is 5.82. The lowest BCUT2D eigenvalue weighted by molar-refractivity contribution is -0.130. The van der Waals surface area contributed by atoms with Crippen molar-refractivity contribution in [3.05, 3.63) is 0 Å². The van der Waals surface area contributed by atoms with E-state index in [1.165, 1.54) is 0 Å². The topological polar surface area (TPSA) is 55.6 Å². The molecule has 0 aromatic carbocycles. The first-order chi connectivity index (χ1) is 8.49. The van der Waals surface area contributed by atoms with Gasteiger partial charge in [0, 0.05) is 32.2 Å². The number of amides is 1. The van der Waals surface area contributed by atoms with Crippen LogP contribution in [0.2, 0.25) is 0 Å². The second kappa shape index (κ2) is 9.56. The molecule has 2 N–H and O–H groups in total. The van der Waals surface area contributed by atoms with Crippen LogP contribution in [0, 0.1) is 5.92 Å². The van der Waals surface area contributed by atoms with E-state index in [-0.39, 0.29) is 30.5 Å². The second-order valence-corrected chi connectivity index (χ2v) is 5.82. The van der Waals surface area contributed by atoms with Crippen LogP contribution in [0.25, 0.3) is 0 Å². The van der Waals surface area contributed by atoms with Gasteiger partial charge in [-0.05, 0) is 32.1 Å². The Balaban J connectivity index is 0.00000324. The summed E-state index contributed by atoms with van der Waals surface area (Å²) in [7, 11) is 0. The van der Waals surface area contributed by atoms with Crippen LogP contribution in [-0.2, 0) is 9.53 Å². The van der Waals surface area contributed by atoms with Crippen LogP contribution in [0.5, 0.6) is 0 Å². The minimum Gasteiger partial charge on any atom is -0.376 e. The summed E-state index contributed by atoms with van der Waals surface area (Å²) in [6, 6.07) is 0.106. The first-order valence-corrected chi connectivity index (χ1v) is 7.14. The number of carbonyl (C=O) groups is 1. The zero-order valence-corrected chi connectivity index (χ0v) is 13.2. The maximum Gasteiger partial charge on any atom is 0.222 e. The number of hydrogen-bond acceptors (Lipinski definition) is 3. The lowest BCUT2D eigenvalue weighted by atomic mass is 10.1. The molecule has 0 aromatic heterocycles. The monoisotopic (exact) mass is 292 g/mol. The lowest BCUT2D eigenvalue weighted by Crippen LogP contribution is -2.31. The number of nitrogens with zero attached hydrogens (tertiary/aromatic N) is 1. The van der Waals surface area contributed by atoms with E-state index in [2.05, 4.69) is 13.8 Å². The van der Waals surface area contributed by atoms with Crippen molar-refractivity contribution < 1.29 is 9.53 Å². The standard InChI is InChI=1S/C14H28N2O2.ClH/c1-11(2)7-9-18-13-6-8-16(10-13)14(17)5-4-12(3)15;/h11-13H,4-10,15H2,1-3H3;1H. The van der Waals surface area contributed by atoms with Crippen LogP contribution in [0.4, 0.5) is 0 Å². The number of carbonyl (C=O) groups excluding carboxylic acids is 1. The van der Waals surface area contributed by atoms with E-state index < -0.39 is 0 Å². The van der Waals surface area contributed by atoms with E-state index in [9.17, 15) is 4.79 Å². The quantitative estimate of drug-likeness (QED) is 0.783.